The van der Waals surface area contributed by atoms with E-state index >= 15 is 0 Å². The zero-order chi connectivity index (χ0) is 22.1. The molecule has 1 fully saturated rings. The molecule has 1 amide bonds. The van der Waals surface area contributed by atoms with Crippen molar-refractivity contribution in [3.05, 3.63) is 29.8 Å². The van der Waals surface area contributed by atoms with Gasteiger partial charge in [-0.2, -0.15) is 0 Å². The lowest BCUT2D eigenvalue weighted by atomic mass is 9.72. The number of benzene rings is 1. The minimum absolute atomic E-state index is 0.0880. The summed E-state index contributed by atoms with van der Waals surface area (Å²) in [7, 11) is 4.16. The van der Waals surface area contributed by atoms with E-state index in [1.165, 1.54) is 5.56 Å². The molecule has 168 valence electrons. The molecule has 2 rings (SSSR count). The summed E-state index contributed by atoms with van der Waals surface area (Å²) < 4.78 is 5.54. The topological polar surface area (TPSA) is 78.9 Å². The van der Waals surface area contributed by atoms with E-state index in [1.54, 1.807) is 6.07 Å². The van der Waals surface area contributed by atoms with Crippen molar-refractivity contribution < 1.29 is 19.4 Å². The second kappa shape index (κ2) is 11.3. The van der Waals surface area contributed by atoms with Gasteiger partial charge in [0.05, 0.1) is 6.42 Å². The molecule has 1 aromatic carbocycles. The molecule has 2 atom stereocenters. The van der Waals surface area contributed by atoms with Crippen molar-refractivity contribution >= 4 is 12.1 Å². The molecule has 0 aromatic heterocycles. The number of carbonyl (C=O) groups is 2. The van der Waals surface area contributed by atoms with E-state index in [0.29, 0.717) is 24.1 Å². The van der Waals surface area contributed by atoms with E-state index in [0.717, 1.165) is 45.1 Å². The molecule has 0 aliphatic heterocycles. The van der Waals surface area contributed by atoms with Crippen LogP contribution in [-0.2, 0) is 4.79 Å². The van der Waals surface area contributed by atoms with Gasteiger partial charge in [-0.1, -0.05) is 45.2 Å². The number of carbonyl (C=O) groups excluding carboxylic acids is 1. The molecule has 6 heteroatoms. The van der Waals surface area contributed by atoms with Gasteiger partial charge < -0.3 is 20.1 Å². The highest BCUT2D eigenvalue weighted by atomic mass is 16.6. The maximum Gasteiger partial charge on any atom is 0.412 e. The van der Waals surface area contributed by atoms with Crippen LogP contribution >= 0.6 is 0 Å². The highest BCUT2D eigenvalue weighted by Crippen LogP contribution is 2.39. The molecule has 0 bridgehead atoms. The fourth-order valence-electron chi connectivity index (χ4n) is 4.92. The Morgan fingerprint density at radius 3 is 2.53 bits per heavy atom. The van der Waals surface area contributed by atoms with Crippen LogP contribution in [0.1, 0.15) is 70.3 Å². The molecule has 1 saturated carbocycles. The van der Waals surface area contributed by atoms with E-state index in [1.807, 2.05) is 12.1 Å². The normalized spacial score (nSPS) is 17.9. The Bertz CT molecular complexity index is 698. The second-order valence-electron chi connectivity index (χ2n) is 9.20. The van der Waals surface area contributed by atoms with Crippen LogP contribution in [0.15, 0.2) is 24.3 Å². The third-order valence-corrected chi connectivity index (χ3v) is 6.32. The van der Waals surface area contributed by atoms with E-state index in [9.17, 15) is 14.7 Å². The number of ether oxygens (including phenoxy) is 1. The summed E-state index contributed by atoms with van der Waals surface area (Å²) in [4.78, 5) is 25.9. The summed E-state index contributed by atoms with van der Waals surface area (Å²) in [5.74, 6) is 0.588. The molecule has 1 aromatic rings. The first-order chi connectivity index (χ1) is 14.2. The molecule has 1 aliphatic rings. The number of aliphatic carboxylic acids is 1. The van der Waals surface area contributed by atoms with Gasteiger partial charge in [0.2, 0.25) is 0 Å². The average Bonchev–Trinajstić information content (AvgIpc) is 2.67. The van der Waals surface area contributed by atoms with Crippen molar-refractivity contribution in [1.29, 1.82) is 0 Å². The molecule has 0 spiro atoms. The fourth-order valence-corrected chi connectivity index (χ4v) is 4.92. The lowest BCUT2D eigenvalue weighted by Crippen LogP contribution is -2.41. The number of hydrogen-bond donors (Lipinski definition) is 2. The first-order valence-electron chi connectivity index (χ1n) is 11.2. The Morgan fingerprint density at radius 2 is 1.93 bits per heavy atom. The van der Waals surface area contributed by atoms with Crippen LogP contribution in [0.25, 0.3) is 0 Å². The van der Waals surface area contributed by atoms with Crippen LogP contribution in [0.2, 0.25) is 0 Å². The van der Waals surface area contributed by atoms with Gasteiger partial charge in [-0.15, -0.1) is 0 Å². The molecule has 0 unspecified atom stereocenters. The summed E-state index contributed by atoms with van der Waals surface area (Å²) in [6, 6.07) is 7.76. The summed E-state index contributed by atoms with van der Waals surface area (Å²) in [6.07, 6.45) is 5.40. The van der Waals surface area contributed by atoms with Crippen LogP contribution in [0, 0.1) is 11.3 Å². The van der Waals surface area contributed by atoms with Crippen molar-refractivity contribution in [3.8, 4) is 5.75 Å². The maximum atomic E-state index is 12.4. The van der Waals surface area contributed by atoms with Gasteiger partial charge in [0.25, 0.3) is 0 Å². The standard InChI is InChI=1S/C24H38N2O4/c1-5-21(18(2)16-26(3)4)19-10-9-11-20(14-19)30-23(29)25-17-24(15-22(27)28)12-7-6-8-13-24/h9-11,14,18,21H,5-8,12-13,15-17H2,1-4H3,(H,25,29)(H,27,28)/t18-,21-/m0/s1. The lowest BCUT2D eigenvalue weighted by molar-refractivity contribution is -0.140. The van der Waals surface area contributed by atoms with E-state index in [-0.39, 0.29) is 11.8 Å². The Morgan fingerprint density at radius 1 is 1.23 bits per heavy atom. The van der Waals surface area contributed by atoms with Gasteiger partial charge in [0.15, 0.2) is 0 Å². The Balaban J connectivity index is 1.99. The van der Waals surface area contributed by atoms with Crippen molar-refractivity contribution in [1.82, 2.24) is 10.2 Å². The number of nitrogens with zero attached hydrogens (tertiary/aromatic N) is 1. The minimum Gasteiger partial charge on any atom is -0.481 e. The minimum atomic E-state index is -0.808. The van der Waals surface area contributed by atoms with Crippen LogP contribution in [0.5, 0.6) is 5.75 Å². The molecule has 30 heavy (non-hydrogen) atoms. The van der Waals surface area contributed by atoms with Gasteiger partial charge in [-0.05, 0) is 68.3 Å². The van der Waals surface area contributed by atoms with Gasteiger partial charge in [-0.25, -0.2) is 4.79 Å². The smallest absolute Gasteiger partial charge is 0.412 e. The number of rotatable bonds is 10. The van der Waals surface area contributed by atoms with Crippen molar-refractivity contribution in [2.24, 2.45) is 11.3 Å². The highest BCUT2D eigenvalue weighted by molar-refractivity contribution is 5.71. The number of carboxylic acids is 1. The van der Waals surface area contributed by atoms with E-state index < -0.39 is 12.1 Å². The zero-order valence-corrected chi connectivity index (χ0v) is 18.9. The van der Waals surface area contributed by atoms with Crippen LogP contribution in [0.4, 0.5) is 4.79 Å². The third kappa shape index (κ3) is 7.31. The molecular weight excluding hydrogens is 380 g/mol. The number of nitrogens with one attached hydrogen (secondary N) is 1. The van der Waals surface area contributed by atoms with Crippen molar-refractivity contribution in [3.63, 3.8) is 0 Å². The van der Waals surface area contributed by atoms with Gasteiger partial charge in [0.1, 0.15) is 5.75 Å². The van der Waals surface area contributed by atoms with Crippen molar-refractivity contribution in [2.75, 3.05) is 27.2 Å². The highest BCUT2D eigenvalue weighted by Gasteiger charge is 2.35. The predicted molar refractivity (Wildman–Crippen MR) is 119 cm³/mol. The number of amides is 1. The average molecular weight is 419 g/mol. The number of carboxylic acid groups (broad SMARTS) is 1. The predicted octanol–water partition coefficient (Wildman–Crippen LogP) is 4.89. The van der Waals surface area contributed by atoms with Gasteiger partial charge >= 0.3 is 12.1 Å². The lowest BCUT2D eigenvalue weighted by Gasteiger charge is -2.36. The Labute approximate surface area is 181 Å². The second-order valence-corrected chi connectivity index (χ2v) is 9.20. The largest absolute Gasteiger partial charge is 0.481 e. The van der Waals surface area contributed by atoms with Crippen LogP contribution in [-0.4, -0.2) is 49.3 Å². The summed E-state index contributed by atoms with van der Waals surface area (Å²) >= 11 is 0. The van der Waals surface area contributed by atoms with E-state index in [4.69, 9.17) is 4.74 Å². The van der Waals surface area contributed by atoms with Crippen LogP contribution in [0.3, 0.4) is 0 Å². The first kappa shape index (κ1) is 24.2. The summed E-state index contributed by atoms with van der Waals surface area (Å²) in [6.45, 7) is 5.77. The van der Waals surface area contributed by atoms with Crippen molar-refractivity contribution in [2.45, 2.75) is 64.7 Å². The third-order valence-electron chi connectivity index (χ3n) is 6.32. The summed E-state index contributed by atoms with van der Waals surface area (Å²) in [5.41, 5.74) is 0.812. The SMILES string of the molecule is CC[C@H](c1cccc(OC(=O)NCC2(CC(=O)O)CCCCC2)c1)[C@@H](C)CN(C)C. The zero-order valence-electron chi connectivity index (χ0n) is 18.9. The molecule has 0 heterocycles. The Kier molecular flexibility index (Phi) is 9.15. The van der Waals surface area contributed by atoms with Crippen LogP contribution < -0.4 is 10.1 Å². The van der Waals surface area contributed by atoms with Gasteiger partial charge in [-0.3, -0.25) is 4.79 Å². The molecule has 0 saturated heterocycles. The molecule has 6 nitrogen and oxygen atoms in total. The molecule has 1 aliphatic carbocycles. The van der Waals surface area contributed by atoms with Gasteiger partial charge in [0, 0.05) is 13.1 Å². The monoisotopic (exact) mass is 418 g/mol. The fraction of sp³-hybridized carbons (Fsp3) is 0.667. The van der Waals surface area contributed by atoms with E-state index in [2.05, 4.69) is 44.2 Å². The molecule has 2 N–H and O–H groups in total. The molecule has 0 radical (unpaired) electrons. The Hall–Kier alpha value is -2.08. The number of hydrogen-bond acceptors (Lipinski definition) is 4. The first-order valence-corrected chi connectivity index (χ1v) is 11.2. The summed E-state index contributed by atoms with van der Waals surface area (Å²) in [5, 5.41) is 12.1. The molecular formula is C24H38N2O4. The maximum absolute atomic E-state index is 12.4. The quantitative estimate of drug-likeness (QED) is 0.565.